The first-order chi connectivity index (χ1) is 8.90. The molecule has 0 heterocycles. The second-order valence-electron chi connectivity index (χ2n) is 3.92. The number of rotatable bonds is 7. The lowest BCUT2D eigenvalue weighted by atomic mass is 10.0. The Morgan fingerprint density at radius 1 is 1.32 bits per heavy atom. The van der Waals surface area contributed by atoms with Gasteiger partial charge < -0.3 is 9.05 Å². The average molecular weight is 308 g/mol. The molecule has 1 aromatic carbocycles. The molecular formula is C11H15ClNO5P. The fourth-order valence-electron chi connectivity index (χ4n) is 1.68. The zero-order valence-corrected chi connectivity index (χ0v) is 12.3. The summed E-state index contributed by atoms with van der Waals surface area (Å²) in [7, 11) is -0.790. The Morgan fingerprint density at radius 3 is 2.26 bits per heavy atom. The van der Waals surface area contributed by atoms with E-state index in [0.717, 1.165) is 0 Å². The van der Waals surface area contributed by atoms with Crippen molar-refractivity contribution in [2.24, 2.45) is 0 Å². The van der Waals surface area contributed by atoms with Crippen LogP contribution < -0.4 is 0 Å². The third-order valence-corrected chi connectivity index (χ3v) is 4.96. The van der Waals surface area contributed by atoms with Crippen LogP contribution in [0.25, 0.3) is 0 Å². The van der Waals surface area contributed by atoms with Gasteiger partial charge in [0.05, 0.1) is 12.1 Å². The number of nitrogens with zero attached hydrogens (tertiary/aromatic N) is 1. The smallest absolute Gasteiger partial charge is 0.312 e. The van der Waals surface area contributed by atoms with E-state index >= 15 is 0 Å². The molecule has 0 spiro atoms. The lowest BCUT2D eigenvalue weighted by Gasteiger charge is -2.19. The minimum Gasteiger partial charge on any atom is -0.312 e. The van der Waals surface area contributed by atoms with Crippen LogP contribution in [-0.4, -0.2) is 31.8 Å². The molecule has 0 aliphatic heterocycles. The highest BCUT2D eigenvalue weighted by molar-refractivity contribution is 7.53. The van der Waals surface area contributed by atoms with Crippen molar-refractivity contribution in [3.63, 3.8) is 0 Å². The predicted molar refractivity (Wildman–Crippen MR) is 72.5 cm³/mol. The van der Waals surface area contributed by atoms with Crippen LogP contribution in [0, 0.1) is 10.1 Å². The molecule has 1 unspecified atom stereocenters. The third-order valence-electron chi connectivity index (χ3n) is 2.71. The van der Waals surface area contributed by atoms with Gasteiger partial charge in [-0.05, 0) is 17.7 Å². The third kappa shape index (κ3) is 4.91. The van der Waals surface area contributed by atoms with Crippen molar-refractivity contribution in [3.8, 4) is 0 Å². The Balaban J connectivity index is 2.98. The number of benzene rings is 1. The Kier molecular flexibility index (Phi) is 5.94. The molecule has 1 aromatic rings. The summed E-state index contributed by atoms with van der Waals surface area (Å²) in [4.78, 5) is 10.3. The van der Waals surface area contributed by atoms with E-state index in [1.54, 1.807) is 24.3 Å². The summed E-state index contributed by atoms with van der Waals surface area (Å²) in [6.07, 6.45) is -0.0530. The van der Waals surface area contributed by atoms with E-state index in [9.17, 15) is 14.7 Å². The SMILES string of the molecule is COP(=O)(CC(C[N+](=O)[O-])c1ccc(Cl)cc1)OC. The summed E-state index contributed by atoms with van der Waals surface area (Å²) in [5, 5.41) is 11.3. The van der Waals surface area contributed by atoms with E-state index in [0.29, 0.717) is 10.6 Å². The van der Waals surface area contributed by atoms with Gasteiger partial charge in [0, 0.05) is 24.2 Å². The highest BCUT2D eigenvalue weighted by atomic mass is 35.5. The van der Waals surface area contributed by atoms with Crippen LogP contribution in [0.3, 0.4) is 0 Å². The summed E-state index contributed by atoms with van der Waals surface area (Å²) in [6, 6.07) is 6.61. The number of nitro groups is 1. The van der Waals surface area contributed by atoms with Crippen LogP contribution in [0.15, 0.2) is 24.3 Å². The average Bonchev–Trinajstić information content (AvgIpc) is 2.38. The van der Waals surface area contributed by atoms with Crippen molar-refractivity contribution in [2.45, 2.75) is 5.92 Å². The Hall–Kier alpha value is -0.940. The summed E-state index contributed by atoms with van der Waals surface area (Å²) >= 11 is 5.77. The van der Waals surface area contributed by atoms with Gasteiger partial charge in [0.25, 0.3) is 0 Å². The maximum Gasteiger partial charge on any atom is 0.331 e. The first-order valence-corrected chi connectivity index (χ1v) is 7.58. The molecule has 0 saturated carbocycles. The van der Waals surface area contributed by atoms with Crippen molar-refractivity contribution in [2.75, 3.05) is 26.9 Å². The molecule has 0 saturated heterocycles. The molecule has 0 bridgehead atoms. The van der Waals surface area contributed by atoms with Gasteiger partial charge >= 0.3 is 7.60 Å². The molecule has 1 rings (SSSR count). The van der Waals surface area contributed by atoms with Crippen LogP contribution in [-0.2, 0) is 13.6 Å². The van der Waals surface area contributed by atoms with Crippen LogP contribution in [0.1, 0.15) is 11.5 Å². The quantitative estimate of drug-likeness (QED) is 0.439. The molecule has 0 amide bonds. The van der Waals surface area contributed by atoms with Crippen molar-refractivity contribution in [1.82, 2.24) is 0 Å². The minimum atomic E-state index is -3.31. The van der Waals surface area contributed by atoms with Crippen LogP contribution in [0.2, 0.25) is 5.02 Å². The van der Waals surface area contributed by atoms with Crippen LogP contribution in [0.5, 0.6) is 0 Å². The molecule has 1 atom stereocenters. The zero-order valence-electron chi connectivity index (χ0n) is 10.6. The predicted octanol–water partition coefficient (Wildman–Crippen LogP) is 3.19. The van der Waals surface area contributed by atoms with Gasteiger partial charge in [-0.25, -0.2) is 0 Å². The standard InChI is InChI=1S/C11H15ClNO5P/c1-17-19(16,18-2)8-10(7-13(14)15)9-3-5-11(12)6-4-9/h3-6,10H,7-8H2,1-2H3. The monoisotopic (exact) mass is 307 g/mol. The highest BCUT2D eigenvalue weighted by Crippen LogP contribution is 2.49. The van der Waals surface area contributed by atoms with Crippen LogP contribution in [0.4, 0.5) is 0 Å². The minimum absolute atomic E-state index is 0.0530. The fraction of sp³-hybridized carbons (Fsp3) is 0.455. The first-order valence-electron chi connectivity index (χ1n) is 5.48. The Bertz CT molecular complexity index is 470. The zero-order chi connectivity index (χ0) is 14.5. The highest BCUT2D eigenvalue weighted by Gasteiger charge is 2.30. The lowest BCUT2D eigenvalue weighted by molar-refractivity contribution is -0.482. The molecule has 6 nitrogen and oxygen atoms in total. The Morgan fingerprint density at radius 2 is 1.84 bits per heavy atom. The van der Waals surface area contributed by atoms with E-state index in [-0.39, 0.29) is 12.7 Å². The molecular weight excluding hydrogens is 293 g/mol. The van der Waals surface area contributed by atoms with Crippen LogP contribution >= 0.6 is 19.2 Å². The summed E-state index contributed by atoms with van der Waals surface area (Å²) in [5.41, 5.74) is 0.676. The largest absolute Gasteiger partial charge is 0.331 e. The molecule has 0 aliphatic rings. The second kappa shape index (κ2) is 7.01. The van der Waals surface area contributed by atoms with Gasteiger partial charge in [-0.3, -0.25) is 14.7 Å². The molecule has 106 valence electrons. The molecule has 0 radical (unpaired) electrons. The molecule has 0 aromatic heterocycles. The van der Waals surface area contributed by atoms with Gasteiger partial charge in [0.2, 0.25) is 6.54 Å². The van der Waals surface area contributed by atoms with Gasteiger partial charge in [-0.2, -0.15) is 0 Å². The van der Waals surface area contributed by atoms with Crippen molar-refractivity contribution in [3.05, 3.63) is 45.0 Å². The van der Waals surface area contributed by atoms with Gasteiger partial charge in [0.15, 0.2) is 0 Å². The molecule has 0 N–H and O–H groups in total. The molecule has 8 heteroatoms. The number of halogens is 1. The molecule has 0 aliphatic carbocycles. The number of hydrogen-bond acceptors (Lipinski definition) is 5. The van der Waals surface area contributed by atoms with E-state index in [1.807, 2.05) is 0 Å². The number of hydrogen-bond donors (Lipinski definition) is 0. The molecule has 0 fully saturated rings. The second-order valence-corrected chi connectivity index (χ2v) is 6.68. The Labute approximate surface area is 116 Å². The summed E-state index contributed by atoms with van der Waals surface area (Å²) < 4.78 is 21.7. The van der Waals surface area contributed by atoms with E-state index in [2.05, 4.69) is 0 Å². The molecule has 19 heavy (non-hydrogen) atoms. The normalized spacial score (nSPS) is 13.2. The maximum atomic E-state index is 12.1. The van der Waals surface area contributed by atoms with Crippen molar-refractivity contribution < 1.29 is 18.5 Å². The van der Waals surface area contributed by atoms with Gasteiger partial charge in [-0.15, -0.1) is 0 Å². The fourth-order valence-corrected chi connectivity index (χ4v) is 3.12. The van der Waals surface area contributed by atoms with Gasteiger partial charge in [0.1, 0.15) is 0 Å². The van der Waals surface area contributed by atoms with E-state index < -0.39 is 18.4 Å². The maximum absolute atomic E-state index is 12.1. The van der Waals surface area contributed by atoms with Crippen molar-refractivity contribution in [1.29, 1.82) is 0 Å². The van der Waals surface area contributed by atoms with Gasteiger partial charge in [-0.1, -0.05) is 23.7 Å². The first kappa shape index (κ1) is 16.1. The summed E-state index contributed by atoms with van der Waals surface area (Å²) in [5.74, 6) is -0.557. The van der Waals surface area contributed by atoms with Crippen molar-refractivity contribution >= 4 is 19.2 Å². The summed E-state index contributed by atoms with van der Waals surface area (Å²) in [6.45, 7) is -0.349. The lowest BCUT2D eigenvalue weighted by Crippen LogP contribution is -2.17. The van der Waals surface area contributed by atoms with E-state index in [4.69, 9.17) is 20.6 Å². The van der Waals surface area contributed by atoms with E-state index in [1.165, 1.54) is 14.2 Å². The topological polar surface area (TPSA) is 78.7 Å².